The number of hydrogen-bond acceptors (Lipinski definition) is 8. The van der Waals surface area contributed by atoms with Crippen LogP contribution in [0.2, 0.25) is 0 Å². The van der Waals surface area contributed by atoms with Gasteiger partial charge in [-0.2, -0.15) is 0 Å². The highest BCUT2D eigenvalue weighted by atomic mass is 16.5. The Balaban J connectivity index is 2.21. The standard InChI is InChI=1S/C20H16N4O6/c1-3-29-18(27)12-9-21-15-11-7-5-6-8-14(11)23-16(25)13(19(28)30-4-2)10-22-20(23)24(15)17(12)26/h5-10H,3-4H2,1-2H3. The third kappa shape index (κ3) is 2.81. The second kappa shape index (κ2) is 7.39. The van der Waals surface area contributed by atoms with E-state index >= 15 is 0 Å². The molecule has 10 heteroatoms. The Bertz CT molecular complexity index is 1390. The fourth-order valence-electron chi connectivity index (χ4n) is 3.21. The van der Waals surface area contributed by atoms with Gasteiger partial charge in [0.2, 0.25) is 5.78 Å². The topological polar surface area (TPSA) is 121 Å². The highest BCUT2D eigenvalue weighted by Gasteiger charge is 2.22. The molecule has 1 aromatic carbocycles. The van der Waals surface area contributed by atoms with Crippen molar-refractivity contribution in [1.82, 2.24) is 18.8 Å². The number of para-hydroxylation sites is 1. The lowest BCUT2D eigenvalue weighted by Crippen LogP contribution is -2.30. The normalized spacial score (nSPS) is 11.1. The average molecular weight is 408 g/mol. The van der Waals surface area contributed by atoms with Crippen molar-refractivity contribution in [3.05, 3.63) is 68.5 Å². The smallest absolute Gasteiger partial charge is 0.345 e. The largest absolute Gasteiger partial charge is 0.462 e. The molecule has 0 N–H and O–H groups in total. The number of ether oxygens (including phenoxy) is 2. The highest BCUT2D eigenvalue weighted by molar-refractivity contribution is 5.96. The number of fused-ring (bicyclic) bond motifs is 6. The van der Waals surface area contributed by atoms with Gasteiger partial charge < -0.3 is 9.47 Å². The van der Waals surface area contributed by atoms with Crippen LogP contribution in [-0.2, 0) is 9.47 Å². The van der Waals surface area contributed by atoms with Gasteiger partial charge in [-0.3, -0.25) is 9.59 Å². The van der Waals surface area contributed by atoms with Gasteiger partial charge in [0.05, 0.1) is 24.9 Å². The van der Waals surface area contributed by atoms with Crippen molar-refractivity contribution in [2.45, 2.75) is 13.8 Å². The van der Waals surface area contributed by atoms with E-state index in [1.165, 1.54) is 0 Å². The monoisotopic (exact) mass is 408 g/mol. The van der Waals surface area contributed by atoms with Gasteiger partial charge >= 0.3 is 11.9 Å². The molecule has 10 nitrogen and oxygen atoms in total. The van der Waals surface area contributed by atoms with Crippen LogP contribution < -0.4 is 11.1 Å². The van der Waals surface area contributed by atoms with Crippen LogP contribution in [0.25, 0.3) is 22.3 Å². The summed E-state index contributed by atoms with van der Waals surface area (Å²) in [5, 5.41) is 0.461. The minimum atomic E-state index is -0.832. The molecule has 0 aliphatic carbocycles. The molecule has 0 amide bonds. The van der Waals surface area contributed by atoms with Gasteiger partial charge in [0, 0.05) is 11.6 Å². The molecule has 4 rings (SSSR count). The molecule has 0 unspecified atom stereocenters. The second-order valence-corrected chi connectivity index (χ2v) is 6.21. The van der Waals surface area contributed by atoms with Gasteiger partial charge in [-0.15, -0.1) is 0 Å². The molecule has 30 heavy (non-hydrogen) atoms. The molecular weight excluding hydrogens is 392 g/mol. The van der Waals surface area contributed by atoms with Gasteiger partial charge in [0.25, 0.3) is 11.1 Å². The lowest BCUT2D eigenvalue weighted by molar-refractivity contribution is 0.0514. The molecule has 0 radical (unpaired) electrons. The van der Waals surface area contributed by atoms with Crippen molar-refractivity contribution < 1.29 is 19.1 Å². The summed E-state index contributed by atoms with van der Waals surface area (Å²) in [5.74, 6) is -1.74. The van der Waals surface area contributed by atoms with E-state index in [4.69, 9.17) is 9.47 Å². The van der Waals surface area contributed by atoms with Crippen molar-refractivity contribution >= 4 is 34.3 Å². The predicted molar refractivity (Wildman–Crippen MR) is 106 cm³/mol. The van der Waals surface area contributed by atoms with E-state index in [-0.39, 0.29) is 35.8 Å². The fourth-order valence-corrected chi connectivity index (χ4v) is 3.21. The molecule has 0 saturated carbocycles. The van der Waals surface area contributed by atoms with E-state index in [0.29, 0.717) is 10.9 Å². The van der Waals surface area contributed by atoms with E-state index in [0.717, 1.165) is 21.2 Å². The molecule has 0 bridgehead atoms. The van der Waals surface area contributed by atoms with Gasteiger partial charge in [-0.1, -0.05) is 12.1 Å². The number of benzene rings is 1. The lowest BCUT2D eigenvalue weighted by Gasteiger charge is -2.12. The van der Waals surface area contributed by atoms with Crippen molar-refractivity contribution in [2.75, 3.05) is 13.2 Å². The number of rotatable bonds is 4. The zero-order valence-electron chi connectivity index (χ0n) is 16.1. The lowest BCUT2D eigenvalue weighted by atomic mass is 10.2. The Labute approximate surface area is 168 Å². The zero-order valence-corrected chi connectivity index (χ0v) is 16.1. The first-order chi connectivity index (χ1) is 14.5. The van der Waals surface area contributed by atoms with E-state index in [1.54, 1.807) is 38.1 Å². The summed E-state index contributed by atoms with van der Waals surface area (Å²) in [4.78, 5) is 59.0. The van der Waals surface area contributed by atoms with Crippen LogP contribution in [0, 0.1) is 0 Å². The number of nitrogens with zero attached hydrogens (tertiary/aromatic N) is 4. The minimum Gasteiger partial charge on any atom is -0.462 e. The summed E-state index contributed by atoms with van der Waals surface area (Å²) in [6.45, 7) is 3.41. The summed E-state index contributed by atoms with van der Waals surface area (Å²) >= 11 is 0. The third-order valence-electron chi connectivity index (χ3n) is 4.48. The average Bonchev–Trinajstić information content (AvgIpc) is 2.74. The first kappa shape index (κ1) is 19.2. The maximum absolute atomic E-state index is 13.1. The molecule has 0 atom stereocenters. The van der Waals surface area contributed by atoms with Crippen LogP contribution in [0.1, 0.15) is 34.6 Å². The Morgan fingerprint density at radius 2 is 1.43 bits per heavy atom. The number of esters is 2. The molecule has 0 aliphatic rings. The van der Waals surface area contributed by atoms with E-state index in [1.807, 2.05) is 0 Å². The van der Waals surface area contributed by atoms with Crippen LogP contribution >= 0.6 is 0 Å². The van der Waals surface area contributed by atoms with Crippen molar-refractivity contribution in [1.29, 1.82) is 0 Å². The van der Waals surface area contributed by atoms with Crippen LogP contribution in [0.3, 0.4) is 0 Å². The molecule has 4 aromatic rings. The third-order valence-corrected chi connectivity index (χ3v) is 4.48. The van der Waals surface area contributed by atoms with E-state index in [2.05, 4.69) is 9.97 Å². The predicted octanol–water partition coefficient (Wildman–Crippen LogP) is 1.21. The molecule has 152 valence electrons. The zero-order chi connectivity index (χ0) is 21.4. The molecule has 0 spiro atoms. The van der Waals surface area contributed by atoms with Crippen LogP contribution in [0.5, 0.6) is 0 Å². The summed E-state index contributed by atoms with van der Waals surface area (Å²) in [6.07, 6.45) is 2.19. The maximum atomic E-state index is 13.1. The second-order valence-electron chi connectivity index (χ2n) is 6.21. The minimum absolute atomic E-state index is 0.0834. The molecular formula is C20H16N4O6. The SMILES string of the molecule is CCOC(=O)c1cnc2n(c1=O)c1ccccc1c1ncc(C(=O)OCC)c(=O)n12. The molecule has 0 fully saturated rings. The van der Waals surface area contributed by atoms with Crippen molar-refractivity contribution in [3.63, 3.8) is 0 Å². The van der Waals surface area contributed by atoms with Gasteiger partial charge in [-0.25, -0.2) is 28.4 Å². The molecule has 0 saturated heterocycles. The molecule has 0 aliphatic heterocycles. The Hall–Kier alpha value is -4.08. The van der Waals surface area contributed by atoms with Crippen molar-refractivity contribution in [3.8, 4) is 0 Å². The van der Waals surface area contributed by atoms with Gasteiger partial charge in [0.1, 0.15) is 11.1 Å². The van der Waals surface area contributed by atoms with Gasteiger partial charge in [0.15, 0.2) is 5.65 Å². The maximum Gasteiger partial charge on any atom is 0.345 e. The number of hydrogen-bond donors (Lipinski definition) is 0. The van der Waals surface area contributed by atoms with Gasteiger partial charge in [-0.05, 0) is 26.0 Å². The fraction of sp³-hybridized carbons (Fsp3) is 0.200. The number of carbonyl (C=O) groups excluding carboxylic acids is 2. The Kier molecular flexibility index (Phi) is 4.74. The Morgan fingerprint density at radius 3 is 2.07 bits per heavy atom. The van der Waals surface area contributed by atoms with E-state index < -0.39 is 23.1 Å². The van der Waals surface area contributed by atoms with Crippen LogP contribution in [0.4, 0.5) is 0 Å². The quantitative estimate of drug-likeness (QED) is 0.365. The first-order valence-electron chi connectivity index (χ1n) is 9.18. The summed E-state index contributed by atoms with van der Waals surface area (Å²) in [6, 6.07) is 6.73. The van der Waals surface area contributed by atoms with Crippen LogP contribution in [0.15, 0.2) is 46.2 Å². The summed E-state index contributed by atoms with van der Waals surface area (Å²) in [7, 11) is 0. The molecule has 3 heterocycles. The highest BCUT2D eigenvalue weighted by Crippen LogP contribution is 2.19. The summed E-state index contributed by atoms with van der Waals surface area (Å²) in [5.41, 5.74) is -1.41. The first-order valence-corrected chi connectivity index (χ1v) is 9.18. The number of carbonyl (C=O) groups is 2. The van der Waals surface area contributed by atoms with Crippen LogP contribution in [-0.4, -0.2) is 43.9 Å². The molecule has 3 aromatic heterocycles. The Morgan fingerprint density at radius 1 is 0.867 bits per heavy atom. The van der Waals surface area contributed by atoms with E-state index in [9.17, 15) is 19.2 Å². The number of aromatic nitrogens is 4. The summed E-state index contributed by atoms with van der Waals surface area (Å²) < 4.78 is 12.0. The van der Waals surface area contributed by atoms with Crippen molar-refractivity contribution in [2.24, 2.45) is 0 Å².